The molecule has 1 aliphatic heterocycles. The Bertz CT molecular complexity index is 910. The smallest absolute Gasteiger partial charge is 0.416 e. The number of urea groups is 1. The highest BCUT2D eigenvalue weighted by Crippen LogP contribution is 2.32. The van der Waals surface area contributed by atoms with E-state index in [2.05, 4.69) is 5.32 Å². The van der Waals surface area contributed by atoms with Gasteiger partial charge >= 0.3 is 12.2 Å². The molecular formula is C21H22F3N3O3. The van der Waals surface area contributed by atoms with E-state index in [1.807, 2.05) is 6.92 Å². The number of alkyl halides is 3. The summed E-state index contributed by atoms with van der Waals surface area (Å²) in [5.74, 6) is 0.0751. The summed E-state index contributed by atoms with van der Waals surface area (Å²) in [7, 11) is 0. The van der Waals surface area contributed by atoms with E-state index >= 15 is 0 Å². The molecule has 160 valence electrons. The number of benzene rings is 2. The zero-order valence-corrected chi connectivity index (χ0v) is 16.4. The largest absolute Gasteiger partial charge is 0.457 e. The number of amides is 3. The van der Waals surface area contributed by atoms with Crippen molar-refractivity contribution in [2.75, 3.05) is 32.7 Å². The van der Waals surface area contributed by atoms with Crippen LogP contribution < -0.4 is 10.1 Å². The molecule has 2 aromatic rings. The average molecular weight is 421 g/mol. The zero-order valence-electron chi connectivity index (χ0n) is 16.4. The van der Waals surface area contributed by atoms with Gasteiger partial charge in [-0.05, 0) is 43.3 Å². The Morgan fingerprint density at radius 3 is 2.20 bits per heavy atom. The first-order valence-corrected chi connectivity index (χ1v) is 9.55. The number of nitrogens with zero attached hydrogens (tertiary/aromatic N) is 2. The number of piperazine rings is 1. The molecule has 0 unspecified atom stereocenters. The number of carbonyl (C=O) groups is 2. The van der Waals surface area contributed by atoms with Crippen molar-refractivity contribution in [3.63, 3.8) is 0 Å². The summed E-state index contributed by atoms with van der Waals surface area (Å²) in [5.41, 5.74) is -0.442. The van der Waals surface area contributed by atoms with Gasteiger partial charge in [-0.2, -0.15) is 13.2 Å². The van der Waals surface area contributed by atoms with Gasteiger partial charge in [0.05, 0.1) is 5.56 Å². The summed E-state index contributed by atoms with van der Waals surface area (Å²) in [6.07, 6.45) is -4.46. The lowest BCUT2D eigenvalue weighted by Crippen LogP contribution is -2.53. The predicted octanol–water partition coefficient (Wildman–Crippen LogP) is 3.99. The topological polar surface area (TPSA) is 61.9 Å². The highest BCUT2D eigenvalue weighted by atomic mass is 19.4. The van der Waals surface area contributed by atoms with Crippen LogP contribution in [0.15, 0.2) is 48.5 Å². The maximum atomic E-state index is 12.9. The molecule has 1 N–H and O–H groups in total. The fraction of sp³-hybridized carbons (Fsp3) is 0.333. The molecule has 0 aliphatic carbocycles. The molecule has 6 nitrogen and oxygen atoms in total. The van der Waals surface area contributed by atoms with E-state index in [0.717, 1.165) is 12.1 Å². The molecule has 3 amide bonds. The second-order valence-corrected chi connectivity index (χ2v) is 6.77. The average Bonchev–Trinajstić information content (AvgIpc) is 2.73. The lowest BCUT2D eigenvalue weighted by atomic mass is 10.1. The van der Waals surface area contributed by atoms with E-state index in [0.29, 0.717) is 38.3 Å². The van der Waals surface area contributed by atoms with Gasteiger partial charge in [0.1, 0.15) is 11.5 Å². The Hall–Kier alpha value is -3.23. The number of halogens is 3. The van der Waals surface area contributed by atoms with Gasteiger partial charge in [0, 0.05) is 38.3 Å². The van der Waals surface area contributed by atoms with Crippen LogP contribution in [0.3, 0.4) is 0 Å². The van der Waals surface area contributed by atoms with Gasteiger partial charge in [-0.1, -0.05) is 12.1 Å². The molecule has 0 spiro atoms. The third-order valence-electron chi connectivity index (χ3n) is 4.66. The summed E-state index contributed by atoms with van der Waals surface area (Å²) in [5, 5.41) is 2.73. The lowest BCUT2D eigenvalue weighted by molar-refractivity contribution is -0.137. The highest BCUT2D eigenvalue weighted by molar-refractivity contribution is 5.94. The maximum absolute atomic E-state index is 12.9. The molecule has 0 bridgehead atoms. The fourth-order valence-electron chi connectivity index (χ4n) is 3.12. The normalized spacial score (nSPS) is 14.4. The van der Waals surface area contributed by atoms with E-state index in [1.165, 1.54) is 18.2 Å². The summed E-state index contributed by atoms with van der Waals surface area (Å²) < 4.78 is 44.1. The van der Waals surface area contributed by atoms with Crippen molar-refractivity contribution >= 4 is 11.9 Å². The van der Waals surface area contributed by atoms with Gasteiger partial charge in [-0.25, -0.2) is 4.79 Å². The first-order valence-electron chi connectivity index (χ1n) is 9.55. The van der Waals surface area contributed by atoms with Crippen LogP contribution in [0.1, 0.15) is 22.8 Å². The summed E-state index contributed by atoms with van der Waals surface area (Å²) in [6.45, 7) is 4.03. The minimum Gasteiger partial charge on any atom is -0.457 e. The second kappa shape index (κ2) is 9.06. The number of ether oxygens (including phenoxy) is 1. The Morgan fingerprint density at radius 1 is 0.967 bits per heavy atom. The Balaban J connectivity index is 1.66. The third kappa shape index (κ3) is 5.22. The quantitative estimate of drug-likeness (QED) is 0.812. The maximum Gasteiger partial charge on any atom is 0.416 e. The number of hydrogen-bond donors (Lipinski definition) is 1. The molecule has 1 fully saturated rings. The number of hydrogen-bond acceptors (Lipinski definition) is 3. The first kappa shape index (κ1) is 21.5. The molecule has 1 saturated heterocycles. The molecule has 1 aliphatic rings. The molecule has 2 aromatic carbocycles. The summed E-state index contributed by atoms with van der Waals surface area (Å²) >= 11 is 0. The highest BCUT2D eigenvalue weighted by Gasteiger charge is 2.30. The first-order chi connectivity index (χ1) is 14.3. The lowest BCUT2D eigenvalue weighted by Gasteiger charge is -2.34. The predicted molar refractivity (Wildman–Crippen MR) is 105 cm³/mol. The van der Waals surface area contributed by atoms with Gasteiger partial charge in [-0.3, -0.25) is 4.79 Å². The molecule has 0 radical (unpaired) electrons. The van der Waals surface area contributed by atoms with E-state index < -0.39 is 11.7 Å². The number of nitrogens with one attached hydrogen (secondary N) is 1. The minimum absolute atomic E-state index is 0.0324. The van der Waals surface area contributed by atoms with E-state index in [9.17, 15) is 22.8 Å². The minimum atomic E-state index is -4.46. The number of carbonyl (C=O) groups excluding carboxylic acids is 2. The monoisotopic (exact) mass is 421 g/mol. The molecule has 30 heavy (non-hydrogen) atoms. The van der Waals surface area contributed by atoms with Crippen LogP contribution in [-0.2, 0) is 6.18 Å². The van der Waals surface area contributed by atoms with Crippen LogP contribution in [0.25, 0.3) is 0 Å². The van der Waals surface area contributed by atoms with Gasteiger partial charge in [0.25, 0.3) is 5.91 Å². The SMILES string of the molecule is CCNC(=O)N1CCN(C(=O)c2cccc(Oc3cccc(C(F)(F)F)c3)c2)CC1. The molecule has 0 aromatic heterocycles. The van der Waals surface area contributed by atoms with Crippen LogP contribution in [-0.4, -0.2) is 54.5 Å². The van der Waals surface area contributed by atoms with Crippen LogP contribution in [0.5, 0.6) is 11.5 Å². The van der Waals surface area contributed by atoms with Crippen LogP contribution in [0, 0.1) is 0 Å². The number of rotatable bonds is 4. The molecule has 0 atom stereocenters. The van der Waals surface area contributed by atoms with Crippen molar-refractivity contribution in [1.82, 2.24) is 15.1 Å². The standard InChI is InChI=1S/C21H22F3N3O3/c1-2-25-20(29)27-11-9-26(10-12-27)19(28)15-5-3-7-17(13-15)30-18-8-4-6-16(14-18)21(22,23)24/h3-8,13-14H,2,9-12H2,1H3,(H,25,29). The third-order valence-corrected chi connectivity index (χ3v) is 4.66. The molecule has 9 heteroatoms. The van der Waals surface area contributed by atoms with Crippen LogP contribution in [0.4, 0.5) is 18.0 Å². The van der Waals surface area contributed by atoms with E-state index in [-0.39, 0.29) is 23.4 Å². The van der Waals surface area contributed by atoms with Crippen LogP contribution in [0.2, 0.25) is 0 Å². The van der Waals surface area contributed by atoms with E-state index in [1.54, 1.807) is 28.0 Å². The Kier molecular flexibility index (Phi) is 6.49. The Morgan fingerprint density at radius 2 is 1.57 bits per heavy atom. The van der Waals surface area contributed by atoms with Crippen molar-refractivity contribution < 1.29 is 27.5 Å². The second-order valence-electron chi connectivity index (χ2n) is 6.77. The fourth-order valence-corrected chi connectivity index (χ4v) is 3.12. The zero-order chi connectivity index (χ0) is 21.7. The summed E-state index contributed by atoms with van der Waals surface area (Å²) in [4.78, 5) is 28.0. The van der Waals surface area contributed by atoms with Gasteiger partial charge < -0.3 is 19.9 Å². The van der Waals surface area contributed by atoms with Crippen molar-refractivity contribution in [1.29, 1.82) is 0 Å². The summed E-state index contributed by atoms with van der Waals surface area (Å²) in [6, 6.07) is 10.7. The Labute approximate surface area is 172 Å². The van der Waals surface area contributed by atoms with Crippen molar-refractivity contribution in [3.8, 4) is 11.5 Å². The van der Waals surface area contributed by atoms with Crippen molar-refractivity contribution in [3.05, 3.63) is 59.7 Å². The van der Waals surface area contributed by atoms with Crippen molar-refractivity contribution in [2.45, 2.75) is 13.1 Å². The van der Waals surface area contributed by atoms with Gasteiger partial charge in [-0.15, -0.1) is 0 Å². The van der Waals surface area contributed by atoms with Crippen molar-refractivity contribution in [2.24, 2.45) is 0 Å². The van der Waals surface area contributed by atoms with Gasteiger partial charge in [0.2, 0.25) is 0 Å². The molecule has 3 rings (SSSR count). The molecular weight excluding hydrogens is 399 g/mol. The van der Waals surface area contributed by atoms with Gasteiger partial charge in [0.15, 0.2) is 0 Å². The molecule has 1 heterocycles. The van der Waals surface area contributed by atoms with Crippen LogP contribution >= 0.6 is 0 Å². The molecule has 0 saturated carbocycles. The van der Waals surface area contributed by atoms with E-state index in [4.69, 9.17) is 4.74 Å².